The third-order valence-electron chi connectivity index (χ3n) is 5.40. The van der Waals surface area contributed by atoms with E-state index in [2.05, 4.69) is 15.3 Å². The molecule has 2 heterocycles. The lowest BCUT2D eigenvalue weighted by Crippen LogP contribution is -2.31. The van der Waals surface area contributed by atoms with Gasteiger partial charge in [0.15, 0.2) is 15.6 Å². The van der Waals surface area contributed by atoms with E-state index >= 15 is 0 Å². The number of pyridine rings is 2. The van der Waals surface area contributed by atoms with E-state index in [1.165, 1.54) is 18.3 Å². The highest BCUT2D eigenvalue weighted by molar-refractivity contribution is 7.91. The number of carbonyl (C=O) groups is 2. The summed E-state index contributed by atoms with van der Waals surface area (Å²) in [6.45, 7) is 7.09. The second-order valence-electron chi connectivity index (χ2n) is 8.32. The molecular weight excluding hydrogens is 438 g/mol. The van der Waals surface area contributed by atoms with Crippen LogP contribution in [0, 0.1) is 6.92 Å². The lowest BCUT2D eigenvalue weighted by molar-refractivity contribution is -0.115. The Balaban J connectivity index is 1.65. The van der Waals surface area contributed by atoms with Gasteiger partial charge in [0.1, 0.15) is 5.69 Å². The van der Waals surface area contributed by atoms with Crippen molar-refractivity contribution in [3.8, 4) is 0 Å². The number of ketones is 1. The molecule has 7 nitrogen and oxygen atoms in total. The molecule has 0 fully saturated rings. The molecule has 0 aliphatic carbocycles. The molecule has 3 rings (SSSR count). The van der Waals surface area contributed by atoms with Gasteiger partial charge in [0.25, 0.3) is 0 Å². The molecule has 2 aromatic heterocycles. The third-order valence-corrected chi connectivity index (χ3v) is 7.15. The van der Waals surface area contributed by atoms with Crippen molar-refractivity contribution in [1.82, 2.24) is 9.97 Å². The van der Waals surface area contributed by atoms with Gasteiger partial charge in [0.05, 0.1) is 40.1 Å². The number of aryl methyl sites for hydroxylation is 1. The fourth-order valence-corrected chi connectivity index (χ4v) is 4.19. The van der Waals surface area contributed by atoms with E-state index in [-0.39, 0.29) is 34.5 Å². The van der Waals surface area contributed by atoms with Gasteiger partial charge >= 0.3 is 0 Å². The van der Waals surface area contributed by atoms with Crippen LogP contribution in [-0.4, -0.2) is 35.8 Å². The topological polar surface area (TPSA) is 106 Å². The summed E-state index contributed by atoms with van der Waals surface area (Å²) in [6, 6.07) is 15.1. The van der Waals surface area contributed by atoms with E-state index < -0.39 is 15.3 Å². The van der Waals surface area contributed by atoms with E-state index in [1.807, 2.05) is 39.0 Å². The lowest BCUT2D eigenvalue weighted by Gasteiger charge is -2.22. The van der Waals surface area contributed by atoms with Crippen molar-refractivity contribution >= 4 is 27.2 Å². The van der Waals surface area contributed by atoms with Crippen LogP contribution in [0.4, 0.5) is 5.69 Å². The Morgan fingerprint density at radius 1 is 1.00 bits per heavy atom. The number of anilines is 1. The van der Waals surface area contributed by atoms with Gasteiger partial charge in [-0.1, -0.05) is 25.1 Å². The molecule has 8 heteroatoms. The number of Topliss-reactive ketones (excluding diaryl/α,β-unsaturated/α-hetero) is 1. The van der Waals surface area contributed by atoms with Crippen molar-refractivity contribution < 1.29 is 18.0 Å². The van der Waals surface area contributed by atoms with Gasteiger partial charge in [0.2, 0.25) is 5.91 Å². The quantitative estimate of drug-likeness (QED) is 0.506. The van der Waals surface area contributed by atoms with Gasteiger partial charge in [-0.2, -0.15) is 0 Å². The Labute approximate surface area is 194 Å². The van der Waals surface area contributed by atoms with Crippen LogP contribution in [0.15, 0.2) is 65.7 Å². The lowest BCUT2D eigenvalue weighted by atomic mass is 9.82. The average molecular weight is 466 g/mol. The van der Waals surface area contributed by atoms with Crippen LogP contribution in [0.3, 0.4) is 0 Å². The fourth-order valence-electron chi connectivity index (χ4n) is 3.30. The van der Waals surface area contributed by atoms with Gasteiger partial charge < -0.3 is 5.32 Å². The zero-order valence-corrected chi connectivity index (χ0v) is 19.9. The molecule has 0 saturated carbocycles. The Kier molecular flexibility index (Phi) is 7.07. The van der Waals surface area contributed by atoms with Gasteiger partial charge in [-0.25, -0.2) is 8.42 Å². The minimum absolute atomic E-state index is 0.0248. The maximum absolute atomic E-state index is 13.0. The number of nitrogens with one attached hydrogen (secondary N) is 1. The molecule has 0 spiro atoms. The molecule has 0 saturated heterocycles. The summed E-state index contributed by atoms with van der Waals surface area (Å²) in [5.41, 5.74) is 2.10. The Hall–Kier alpha value is -3.39. The van der Waals surface area contributed by atoms with E-state index in [9.17, 15) is 18.0 Å². The maximum atomic E-state index is 13.0. The SMILES string of the molecule is CCS(=O)(=O)c1ccc(CC(=O)Nc2ccc(C(=O)C(C)(C)c3cccc(C)n3)nc2)cc1. The second-order valence-corrected chi connectivity index (χ2v) is 10.6. The average Bonchev–Trinajstić information content (AvgIpc) is 2.79. The number of hydrogen-bond acceptors (Lipinski definition) is 6. The van der Waals surface area contributed by atoms with Crippen LogP contribution in [0.25, 0.3) is 0 Å². The van der Waals surface area contributed by atoms with Crippen LogP contribution in [-0.2, 0) is 26.5 Å². The first-order valence-corrected chi connectivity index (χ1v) is 12.2. The van der Waals surface area contributed by atoms with Crippen molar-refractivity contribution in [3.63, 3.8) is 0 Å². The van der Waals surface area contributed by atoms with Gasteiger partial charge in [-0.15, -0.1) is 0 Å². The Morgan fingerprint density at radius 3 is 2.27 bits per heavy atom. The summed E-state index contributed by atoms with van der Waals surface area (Å²) >= 11 is 0. The first-order chi connectivity index (χ1) is 15.5. The van der Waals surface area contributed by atoms with Crippen LogP contribution in [0.5, 0.6) is 0 Å². The molecule has 0 bridgehead atoms. The number of sulfone groups is 1. The normalized spacial score (nSPS) is 11.8. The summed E-state index contributed by atoms with van der Waals surface area (Å²) in [4.78, 5) is 34.4. The fraction of sp³-hybridized carbons (Fsp3) is 0.280. The molecule has 1 N–H and O–H groups in total. The molecule has 0 aliphatic heterocycles. The van der Waals surface area contributed by atoms with Gasteiger partial charge in [-0.05, 0) is 62.7 Å². The smallest absolute Gasteiger partial charge is 0.228 e. The van der Waals surface area contributed by atoms with E-state index in [1.54, 1.807) is 31.2 Å². The minimum atomic E-state index is -3.27. The highest BCUT2D eigenvalue weighted by Gasteiger charge is 2.33. The van der Waals surface area contributed by atoms with Crippen molar-refractivity contribution in [2.45, 2.75) is 44.4 Å². The van der Waals surface area contributed by atoms with E-state index in [0.717, 1.165) is 5.69 Å². The summed E-state index contributed by atoms with van der Waals surface area (Å²) in [7, 11) is -3.27. The molecule has 0 unspecified atom stereocenters. The molecule has 0 atom stereocenters. The summed E-state index contributed by atoms with van der Waals surface area (Å²) in [5.74, 6) is -0.413. The predicted octanol–water partition coefficient (Wildman–Crippen LogP) is 3.92. The number of carbonyl (C=O) groups excluding carboxylic acids is 2. The van der Waals surface area contributed by atoms with Crippen LogP contribution < -0.4 is 5.32 Å². The number of amides is 1. The summed E-state index contributed by atoms with van der Waals surface area (Å²) < 4.78 is 23.8. The molecule has 172 valence electrons. The molecule has 1 aromatic carbocycles. The minimum Gasteiger partial charge on any atom is -0.324 e. The highest BCUT2D eigenvalue weighted by Crippen LogP contribution is 2.26. The molecule has 0 radical (unpaired) electrons. The first kappa shape index (κ1) is 24.3. The highest BCUT2D eigenvalue weighted by atomic mass is 32.2. The summed E-state index contributed by atoms with van der Waals surface area (Å²) in [5, 5.41) is 2.75. The predicted molar refractivity (Wildman–Crippen MR) is 127 cm³/mol. The van der Waals surface area contributed by atoms with Crippen molar-refractivity contribution in [3.05, 3.63) is 83.4 Å². The number of hydrogen-bond donors (Lipinski definition) is 1. The summed E-state index contributed by atoms with van der Waals surface area (Å²) in [6.07, 6.45) is 1.53. The van der Waals surface area contributed by atoms with Gasteiger partial charge in [-0.3, -0.25) is 19.6 Å². The standard InChI is InChI=1S/C25H27N3O4S/c1-5-33(31,32)20-12-9-18(10-13-20)15-23(29)28-19-11-14-21(26-16-19)24(30)25(3,4)22-8-6-7-17(2)27-22/h6-14,16H,5,15H2,1-4H3,(H,28,29). The van der Waals surface area contributed by atoms with E-state index in [0.29, 0.717) is 16.9 Å². The first-order valence-electron chi connectivity index (χ1n) is 10.6. The number of nitrogens with zero attached hydrogens (tertiary/aromatic N) is 2. The zero-order chi connectivity index (χ0) is 24.2. The molecule has 1 amide bonds. The monoisotopic (exact) mass is 465 g/mol. The molecular formula is C25H27N3O4S. The Morgan fingerprint density at radius 2 is 1.70 bits per heavy atom. The molecule has 33 heavy (non-hydrogen) atoms. The van der Waals surface area contributed by atoms with Crippen LogP contribution in [0.2, 0.25) is 0 Å². The second kappa shape index (κ2) is 9.62. The van der Waals surface area contributed by atoms with Crippen molar-refractivity contribution in [2.24, 2.45) is 0 Å². The molecule has 3 aromatic rings. The number of benzene rings is 1. The number of aromatic nitrogens is 2. The van der Waals surface area contributed by atoms with Crippen LogP contribution in [0.1, 0.15) is 48.2 Å². The maximum Gasteiger partial charge on any atom is 0.228 e. The van der Waals surface area contributed by atoms with Crippen molar-refractivity contribution in [1.29, 1.82) is 0 Å². The van der Waals surface area contributed by atoms with Crippen LogP contribution >= 0.6 is 0 Å². The Bertz CT molecular complexity index is 1270. The molecule has 0 aliphatic rings. The third kappa shape index (κ3) is 5.70. The largest absolute Gasteiger partial charge is 0.324 e. The van der Waals surface area contributed by atoms with Crippen molar-refractivity contribution in [2.75, 3.05) is 11.1 Å². The zero-order valence-electron chi connectivity index (χ0n) is 19.1. The van der Waals surface area contributed by atoms with Gasteiger partial charge in [0, 0.05) is 5.69 Å². The van der Waals surface area contributed by atoms with E-state index in [4.69, 9.17) is 0 Å². The number of rotatable bonds is 8.